The summed E-state index contributed by atoms with van der Waals surface area (Å²) in [6.07, 6.45) is 22.6. The van der Waals surface area contributed by atoms with Gasteiger partial charge in [0.1, 0.15) is 0 Å². The maximum Gasteiger partial charge on any atom is -0.0357 e. The Hall–Kier alpha value is 0. The minimum absolute atomic E-state index is 1.00. The van der Waals surface area contributed by atoms with Crippen LogP contribution in [0.15, 0.2) is 0 Å². The summed E-state index contributed by atoms with van der Waals surface area (Å²) in [6.45, 7) is 7.19. The average molecular weight is 321 g/mol. The van der Waals surface area contributed by atoms with Crippen LogP contribution >= 0.6 is 0 Å². The predicted molar refractivity (Wildman–Crippen MR) is 104 cm³/mol. The highest BCUT2D eigenvalue weighted by molar-refractivity contribution is 4.86. The molecule has 2 aliphatic carbocycles. The highest BCUT2D eigenvalue weighted by Crippen LogP contribution is 2.46. The third kappa shape index (κ3) is 6.43. The molecule has 0 saturated heterocycles. The first kappa shape index (κ1) is 19.3. The second-order valence-electron chi connectivity index (χ2n) is 9.11. The largest absolute Gasteiger partial charge is 0.0654 e. The molecule has 2 saturated carbocycles. The molecule has 0 amide bonds. The topological polar surface area (TPSA) is 0 Å². The van der Waals surface area contributed by atoms with E-state index in [0.717, 1.165) is 29.6 Å². The molecule has 0 aromatic carbocycles. The lowest BCUT2D eigenvalue weighted by molar-refractivity contribution is 0.0836. The molecule has 0 heterocycles. The van der Waals surface area contributed by atoms with Crippen molar-refractivity contribution < 1.29 is 0 Å². The molecule has 2 fully saturated rings. The van der Waals surface area contributed by atoms with Crippen LogP contribution in [0.2, 0.25) is 0 Å². The molecule has 0 aromatic heterocycles. The SMILES string of the molecule is CCCCCC[C@H]1CC[C@@H]([C@H]2CC[C@@H](C)C[C@@H]2CCCC)CC1. The fraction of sp³-hybridized carbons (Fsp3) is 1.00. The van der Waals surface area contributed by atoms with Crippen LogP contribution in [0.3, 0.4) is 0 Å². The Balaban J connectivity index is 1.73. The molecule has 3 atom stereocenters. The summed E-state index contributed by atoms with van der Waals surface area (Å²) in [5.74, 6) is 5.35. The lowest BCUT2D eigenvalue weighted by Gasteiger charge is -2.42. The summed E-state index contributed by atoms with van der Waals surface area (Å²) in [4.78, 5) is 0. The van der Waals surface area contributed by atoms with Crippen molar-refractivity contribution in [1.29, 1.82) is 0 Å². The van der Waals surface area contributed by atoms with E-state index in [1.807, 2.05) is 0 Å². The molecule has 0 aliphatic heterocycles. The van der Waals surface area contributed by atoms with Crippen LogP contribution in [0.5, 0.6) is 0 Å². The van der Waals surface area contributed by atoms with Gasteiger partial charge in [0.2, 0.25) is 0 Å². The number of hydrogen-bond donors (Lipinski definition) is 0. The Morgan fingerprint density at radius 2 is 1.43 bits per heavy atom. The molecule has 136 valence electrons. The van der Waals surface area contributed by atoms with E-state index in [1.54, 1.807) is 38.5 Å². The van der Waals surface area contributed by atoms with Crippen molar-refractivity contribution in [2.45, 2.75) is 117 Å². The molecule has 2 aliphatic rings. The van der Waals surface area contributed by atoms with E-state index in [4.69, 9.17) is 0 Å². The maximum absolute atomic E-state index is 2.50. The van der Waals surface area contributed by atoms with Gasteiger partial charge in [-0.2, -0.15) is 0 Å². The van der Waals surface area contributed by atoms with Crippen LogP contribution in [0.25, 0.3) is 0 Å². The van der Waals surface area contributed by atoms with E-state index in [0.29, 0.717) is 0 Å². The van der Waals surface area contributed by atoms with Gasteiger partial charge in [0.05, 0.1) is 0 Å². The predicted octanol–water partition coefficient (Wildman–Crippen LogP) is 8.01. The second-order valence-corrected chi connectivity index (χ2v) is 9.11. The molecule has 0 bridgehead atoms. The first-order valence-electron chi connectivity index (χ1n) is 11.2. The van der Waals surface area contributed by atoms with Crippen LogP contribution in [-0.4, -0.2) is 0 Å². The number of hydrogen-bond acceptors (Lipinski definition) is 0. The summed E-state index contributed by atoms with van der Waals surface area (Å²) >= 11 is 0. The summed E-state index contributed by atoms with van der Waals surface area (Å²) < 4.78 is 0. The summed E-state index contributed by atoms with van der Waals surface area (Å²) in [5.41, 5.74) is 0. The van der Waals surface area contributed by atoms with Gasteiger partial charge in [0, 0.05) is 0 Å². The standard InChI is InChI=1S/C23H44/c1-4-6-8-9-10-20-13-15-21(16-14-20)23-17-12-19(3)18-22(23)11-7-5-2/h19-23H,4-18H2,1-3H3/t19-,20-,21+,22+,23-/m1/s1. The van der Waals surface area contributed by atoms with Crippen LogP contribution in [0.4, 0.5) is 0 Å². The smallest absolute Gasteiger partial charge is 0.0357 e. The molecular weight excluding hydrogens is 276 g/mol. The average Bonchev–Trinajstić information content (AvgIpc) is 2.58. The van der Waals surface area contributed by atoms with Gasteiger partial charge in [0.25, 0.3) is 0 Å². The molecule has 0 aromatic rings. The molecule has 0 nitrogen and oxygen atoms in total. The zero-order valence-electron chi connectivity index (χ0n) is 16.5. The van der Waals surface area contributed by atoms with Crippen molar-refractivity contribution in [2.24, 2.45) is 29.6 Å². The quantitative estimate of drug-likeness (QED) is 0.377. The molecule has 0 N–H and O–H groups in total. The summed E-state index contributed by atoms with van der Waals surface area (Å²) in [5, 5.41) is 0. The van der Waals surface area contributed by atoms with Gasteiger partial charge in [-0.25, -0.2) is 0 Å². The van der Waals surface area contributed by atoms with Gasteiger partial charge in [0.15, 0.2) is 0 Å². The monoisotopic (exact) mass is 320 g/mol. The molecular formula is C23H44. The molecule has 0 unspecified atom stereocenters. The Kier molecular flexibility index (Phi) is 9.06. The van der Waals surface area contributed by atoms with Crippen LogP contribution < -0.4 is 0 Å². The van der Waals surface area contributed by atoms with Crippen molar-refractivity contribution in [3.63, 3.8) is 0 Å². The van der Waals surface area contributed by atoms with Crippen LogP contribution in [0.1, 0.15) is 117 Å². The Morgan fingerprint density at radius 3 is 2.13 bits per heavy atom. The van der Waals surface area contributed by atoms with Crippen molar-refractivity contribution in [2.75, 3.05) is 0 Å². The zero-order chi connectivity index (χ0) is 16.5. The van der Waals surface area contributed by atoms with E-state index in [-0.39, 0.29) is 0 Å². The first-order valence-corrected chi connectivity index (χ1v) is 11.2. The summed E-state index contributed by atoms with van der Waals surface area (Å²) in [7, 11) is 0. The molecule has 0 heteroatoms. The number of rotatable bonds is 9. The third-order valence-electron chi connectivity index (χ3n) is 7.19. The minimum atomic E-state index is 1.00. The minimum Gasteiger partial charge on any atom is -0.0654 e. The van der Waals surface area contributed by atoms with Crippen LogP contribution in [-0.2, 0) is 0 Å². The second kappa shape index (κ2) is 10.8. The van der Waals surface area contributed by atoms with Crippen LogP contribution in [0, 0.1) is 29.6 Å². The van der Waals surface area contributed by atoms with E-state index >= 15 is 0 Å². The summed E-state index contributed by atoms with van der Waals surface area (Å²) in [6, 6.07) is 0. The van der Waals surface area contributed by atoms with Crippen molar-refractivity contribution >= 4 is 0 Å². The van der Waals surface area contributed by atoms with Crippen molar-refractivity contribution in [3.05, 3.63) is 0 Å². The maximum atomic E-state index is 2.50. The normalized spacial score (nSPS) is 35.3. The Bertz CT molecular complexity index is 286. The van der Waals surface area contributed by atoms with Crippen molar-refractivity contribution in [3.8, 4) is 0 Å². The van der Waals surface area contributed by atoms with E-state index < -0.39 is 0 Å². The molecule has 0 spiro atoms. The molecule has 0 radical (unpaired) electrons. The Labute approximate surface area is 147 Å². The van der Waals surface area contributed by atoms with E-state index in [2.05, 4.69) is 20.8 Å². The van der Waals surface area contributed by atoms with Gasteiger partial charge in [-0.1, -0.05) is 91.4 Å². The van der Waals surface area contributed by atoms with Gasteiger partial charge in [-0.05, 0) is 55.3 Å². The highest BCUT2D eigenvalue weighted by Gasteiger charge is 2.35. The zero-order valence-corrected chi connectivity index (χ0v) is 16.5. The number of unbranched alkanes of at least 4 members (excludes halogenated alkanes) is 4. The van der Waals surface area contributed by atoms with Gasteiger partial charge >= 0.3 is 0 Å². The highest BCUT2D eigenvalue weighted by atomic mass is 14.4. The van der Waals surface area contributed by atoms with Gasteiger partial charge in [-0.3, -0.25) is 0 Å². The lowest BCUT2D eigenvalue weighted by atomic mass is 9.63. The fourth-order valence-corrected chi connectivity index (χ4v) is 5.71. The van der Waals surface area contributed by atoms with Gasteiger partial charge < -0.3 is 0 Å². The molecule has 2 rings (SSSR count). The molecule has 23 heavy (non-hydrogen) atoms. The Morgan fingerprint density at radius 1 is 0.696 bits per heavy atom. The van der Waals surface area contributed by atoms with Gasteiger partial charge in [-0.15, -0.1) is 0 Å². The van der Waals surface area contributed by atoms with Crippen molar-refractivity contribution in [1.82, 2.24) is 0 Å². The fourth-order valence-electron chi connectivity index (χ4n) is 5.71. The first-order chi connectivity index (χ1) is 11.2. The lowest BCUT2D eigenvalue weighted by Crippen LogP contribution is -2.32. The van der Waals surface area contributed by atoms with E-state index in [1.165, 1.54) is 57.8 Å². The van der Waals surface area contributed by atoms with E-state index in [9.17, 15) is 0 Å². The third-order valence-corrected chi connectivity index (χ3v) is 7.19.